The van der Waals surface area contributed by atoms with Crippen LogP contribution in [-0.4, -0.2) is 16.5 Å². The molecule has 1 aromatic heterocycles. The summed E-state index contributed by atoms with van der Waals surface area (Å²) in [5.74, 6) is 0.983. The van der Waals surface area contributed by atoms with Crippen molar-refractivity contribution in [2.45, 2.75) is 19.4 Å². The number of hydrogen-bond donors (Lipinski definition) is 2. The molecule has 96 valence electrons. The highest BCUT2D eigenvalue weighted by molar-refractivity contribution is 14.1. The molecule has 0 saturated heterocycles. The van der Waals surface area contributed by atoms with Crippen LogP contribution in [-0.2, 0) is 6.42 Å². The van der Waals surface area contributed by atoms with E-state index >= 15 is 0 Å². The van der Waals surface area contributed by atoms with Crippen molar-refractivity contribution in [3.63, 3.8) is 0 Å². The van der Waals surface area contributed by atoms with Gasteiger partial charge in [-0.1, -0.05) is 18.5 Å². The van der Waals surface area contributed by atoms with Crippen LogP contribution in [0, 0.1) is 3.57 Å². The Balaban J connectivity index is 2.26. The van der Waals surface area contributed by atoms with Gasteiger partial charge in [0.25, 0.3) is 0 Å². The highest BCUT2D eigenvalue weighted by Crippen LogP contribution is 2.25. The van der Waals surface area contributed by atoms with Crippen molar-refractivity contribution in [2.24, 2.45) is 0 Å². The van der Waals surface area contributed by atoms with Crippen LogP contribution in [0.2, 0.25) is 5.02 Å². The lowest BCUT2D eigenvalue weighted by Crippen LogP contribution is -2.24. The molecular weight excluding hydrogens is 361 g/mol. The first-order chi connectivity index (χ1) is 8.70. The predicted octanol–water partition coefficient (Wildman–Crippen LogP) is 3.56. The number of likely N-dealkylation sites (N-methyl/N-ethyl adjacent to an activating group) is 1. The summed E-state index contributed by atoms with van der Waals surface area (Å²) in [6.07, 6.45) is 4.46. The molecule has 2 rings (SSSR count). The largest absolute Gasteiger partial charge is 0.349 e. The first kappa shape index (κ1) is 13.8. The summed E-state index contributed by atoms with van der Waals surface area (Å²) >= 11 is 8.43. The summed E-state index contributed by atoms with van der Waals surface area (Å²) in [7, 11) is 0. The lowest BCUT2D eigenvalue weighted by Gasteiger charge is -2.19. The fourth-order valence-corrected chi connectivity index (χ4v) is 2.82. The number of hydrogen-bond acceptors (Lipinski definition) is 2. The Hall–Kier alpha value is -0.590. The molecule has 0 spiro atoms. The molecule has 0 fully saturated rings. The van der Waals surface area contributed by atoms with Crippen molar-refractivity contribution in [3.8, 4) is 0 Å². The van der Waals surface area contributed by atoms with E-state index in [-0.39, 0.29) is 6.04 Å². The highest BCUT2D eigenvalue weighted by atomic mass is 127. The van der Waals surface area contributed by atoms with Gasteiger partial charge >= 0.3 is 0 Å². The summed E-state index contributed by atoms with van der Waals surface area (Å²) in [4.78, 5) is 7.43. The molecule has 2 N–H and O–H groups in total. The van der Waals surface area contributed by atoms with E-state index < -0.39 is 0 Å². The van der Waals surface area contributed by atoms with Gasteiger partial charge in [0.2, 0.25) is 0 Å². The third-order valence-corrected chi connectivity index (χ3v) is 3.95. The minimum absolute atomic E-state index is 0.228. The normalized spacial score (nSPS) is 12.6. The van der Waals surface area contributed by atoms with Gasteiger partial charge < -0.3 is 10.3 Å². The van der Waals surface area contributed by atoms with Crippen molar-refractivity contribution >= 4 is 34.2 Å². The standard InChI is InChI=1S/C13H15ClIN3/c1-2-16-12(8-13-17-5-6-18-13)10-7-9(14)3-4-11(10)15/h3-7,12,16H,2,8H2,1H3,(H,17,18). The van der Waals surface area contributed by atoms with E-state index in [2.05, 4.69) is 44.8 Å². The fourth-order valence-electron chi connectivity index (χ4n) is 1.92. The zero-order valence-corrected chi connectivity index (χ0v) is 13.0. The van der Waals surface area contributed by atoms with Gasteiger partial charge in [0, 0.05) is 33.4 Å². The van der Waals surface area contributed by atoms with Crippen molar-refractivity contribution in [3.05, 3.63) is 50.6 Å². The van der Waals surface area contributed by atoms with Gasteiger partial charge in [0.05, 0.1) is 0 Å². The Bertz CT molecular complexity index is 499. The average molecular weight is 376 g/mol. The molecule has 1 atom stereocenters. The minimum Gasteiger partial charge on any atom is -0.349 e. The number of benzene rings is 1. The average Bonchev–Trinajstić information content (AvgIpc) is 2.85. The Morgan fingerprint density at radius 1 is 1.50 bits per heavy atom. The topological polar surface area (TPSA) is 40.7 Å². The molecule has 0 aliphatic carbocycles. The first-order valence-corrected chi connectivity index (χ1v) is 7.33. The van der Waals surface area contributed by atoms with E-state index in [0.717, 1.165) is 23.8 Å². The van der Waals surface area contributed by atoms with Crippen molar-refractivity contribution in [2.75, 3.05) is 6.54 Å². The molecule has 0 amide bonds. The van der Waals surface area contributed by atoms with Crippen LogP contribution < -0.4 is 5.32 Å². The molecular formula is C13H15ClIN3. The number of halogens is 2. The lowest BCUT2D eigenvalue weighted by atomic mass is 10.0. The molecule has 0 saturated carbocycles. The van der Waals surface area contributed by atoms with E-state index in [1.165, 1.54) is 9.13 Å². The van der Waals surface area contributed by atoms with Gasteiger partial charge in [0.1, 0.15) is 5.82 Å². The van der Waals surface area contributed by atoms with E-state index in [1.54, 1.807) is 6.20 Å². The van der Waals surface area contributed by atoms with Crippen LogP contribution in [0.15, 0.2) is 30.6 Å². The summed E-state index contributed by atoms with van der Waals surface area (Å²) in [6.45, 7) is 3.01. The Morgan fingerprint density at radius 2 is 2.33 bits per heavy atom. The molecule has 0 radical (unpaired) electrons. The van der Waals surface area contributed by atoms with Gasteiger partial charge in [0.15, 0.2) is 0 Å². The highest BCUT2D eigenvalue weighted by Gasteiger charge is 2.15. The molecule has 0 aliphatic heterocycles. The molecule has 0 aliphatic rings. The summed E-state index contributed by atoms with van der Waals surface area (Å²) in [6, 6.07) is 6.22. The van der Waals surface area contributed by atoms with Crippen LogP contribution in [0.5, 0.6) is 0 Å². The zero-order valence-electron chi connectivity index (χ0n) is 10.1. The quantitative estimate of drug-likeness (QED) is 0.785. The molecule has 1 aromatic carbocycles. The Labute approximate surface area is 125 Å². The van der Waals surface area contributed by atoms with E-state index in [9.17, 15) is 0 Å². The number of aromatic nitrogens is 2. The number of nitrogens with one attached hydrogen (secondary N) is 2. The van der Waals surface area contributed by atoms with E-state index in [1.807, 2.05) is 24.4 Å². The fraction of sp³-hybridized carbons (Fsp3) is 0.308. The smallest absolute Gasteiger partial charge is 0.107 e. The summed E-state index contributed by atoms with van der Waals surface area (Å²) < 4.78 is 1.22. The molecule has 1 unspecified atom stereocenters. The number of aromatic amines is 1. The third-order valence-electron chi connectivity index (χ3n) is 2.74. The summed E-state index contributed by atoms with van der Waals surface area (Å²) in [5.41, 5.74) is 1.22. The predicted molar refractivity (Wildman–Crippen MR) is 82.9 cm³/mol. The monoisotopic (exact) mass is 375 g/mol. The summed E-state index contributed by atoms with van der Waals surface area (Å²) in [5, 5.41) is 4.25. The maximum atomic E-state index is 6.09. The molecule has 3 nitrogen and oxygen atoms in total. The van der Waals surface area contributed by atoms with Crippen LogP contribution in [0.3, 0.4) is 0 Å². The van der Waals surface area contributed by atoms with Crippen LogP contribution >= 0.6 is 34.2 Å². The maximum absolute atomic E-state index is 6.09. The van der Waals surface area contributed by atoms with Crippen LogP contribution in [0.1, 0.15) is 24.4 Å². The van der Waals surface area contributed by atoms with Crippen molar-refractivity contribution in [1.82, 2.24) is 15.3 Å². The number of rotatable bonds is 5. The SMILES string of the molecule is CCNC(Cc1ncc[nH]1)c1cc(Cl)ccc1I. The maximum Gasteiger partial charge on any atom is 0.107 e. The van der Waals surface area contributed by atoms with Gasteiger partial charge in [-0.15, -0.1) is 0 Å². The molecule has 18 heavy (non-hydrogen) atoms. The van der Waals surface area contributed by atoms with Crippen LogP contribution in [0.4, 0.5) is 0 Å². The molecule has 0 bridgehead atoms. The van der Waals surface area contributed by atoms with Crippen molar-refractivity contribution < 1.29 is 0 Å². The molecule has 2 aromatic rings. The third kappa shape index (κ3) is 3.46. The minimum atomic E-state index is 0.228. The lowest BCUT2D eigenvalue weighted by molar-refractivity contribution is 0.537. The molecule has 1 heterocycles. The second-order valence-corrected chi connectivity index (χ2v) is 5.61. The van der Waals surface area contributed by atoms with Gasteiger partial charge in [-0.25, -0.2) is 4.98 Å². The second kappa shape index (κ2) is 6.54. The molecule has 5 heteroatoms. The second-order valence-electron chi connectivity index (χ2n) is 4.02. The van der Waals surface area contributed by atoms with E-state index in [0.29, 0.717) is 0 Å². The van der Waals surface area contributed by atoms with Gasteiger partial charge in [-0.2, -0.15) is 0 Å². The Kier molecular flexibility index (Phi) is 5.03. The zero-order chi connectivity index (χ0) is 13.0. The van der Waals surface area contributed by atoms with Crippen molar-refractivity contribution in [1.29, 1.82) is 0 Å². The number of H-pyrrole nitrogens is 1. The van der Waals surface area contributed by atoms with Gasteiger partial charge in [-0.05, 0) is 52.9 Å². The van der Waals surface area contributed by atoms with E-state index in [4.69, 9.17) is 11.6 Å². The van der Waals surface area contributed by atoms with Crippen LogP contribution in [0.25, 0.3) is 0 Å². The Morgan fingerprint density at radius 3 is 3.00 bits per heavy atom. The first-order valence-electron chi connectivity index (χ1n) is 5.87. The van der Waals surface area contributed by atoms with Gasteiger partial charge in [-0.3, -0.25) is 0 Å². The number of nitrogens with zero attached hydrogens (tertiary/aromatic N) is 1. The number of imidazole rings is 1.